The van der Waals surface area contributed by atoms with Gasteiger partial charge in [0.1, 0.15) is 23.1 Å². The van der Waals surface area contributed by atoms with Gasteiger partial charge < -0.3 is 20.7 Å². The summed E-state index contributed by atoms with van der Waals surface area (Å²) in [6.07, 6.45) is 2.61. The summed E-state index contributed by atoms with van der Waals surface area (Å²) in [7, 11) is 0. The second kappa shape index (κ2) is 10.5. The first kappa shape index (κ1) is 23.4. The molecule has 1 aromatic heterocycles. The van der Waals surface area contributed by atoms with Gasteiger partial charge in [0, 0.05) is 43.4 Å². The molecular weight excluding hydrogens is 459 g/mol. The van der Waals surface area contributed by atoms with Gasteiger partial charge in [0.25, 0.3) is 5.91 Å². The molecule has 1 aliphatic rings. The fourth-order valence-corrected chi connectivity index (χ4v) is 3.70. The number of allylic oxidation sites excluding steroid dienone is 1. The molecule has 1 fully saturated rings. The molecule has 0 radical (unpaired) electrons. The van der Waals surface area contributed by atoms with E-state index in [1.807, 2.05) is 0 Å². The largest absolute Gasteiger partial charge is 0.457 e. The van der Waals surface area contributed by atoms with E-state index in [0.717, 1.165) is 38.1 Å². The van der Waals surface area contributed by atoms with Crippen LogP contribution in [0.5, 0.6) is 11.5 Å². The predicted molar refractivity (Wildman–Crippen MR) is 130 cm³/mol. The highest BCUT2D eigenvalue weighted by Crippen LogP contribution is 2.31. The van der Waals surface area contributed by atoms with Gasteiger partial charge in [0.15, 0.2) is 0 Å². The molecule has 0 atom stereocenters. The zero-order chi connectivity index (χ0) is 24.1. The van der Waals surface area contributed by atoms with Crippen LogP contribution in [0.15, 0.2) is 60.7 Å². The number of benzene rings is 2. The summed E-state index contributed by atoms with van der Waals surface area (Å²) in [4.78, 5) is 29.9. The summed E-state index contributed by atoms with van der Waals surface area (Å²) in [5, 5.41) is 2.65. The van der Waals surface area contributed by atoms with Gasteiger partial charge in [0.2, 0.25) is 5.24 Å². The molecule has 3 N–H and O–H groups in total. The predicted octanol–water partition coefficient (Wildman–Crippen LogP) is 3.97. The van der Waals surface area contributed by atoms with E-state index in [2.05, 4.69) is 10.2 Å². The molecule has 174 valence electrons. The number of amides is 1. The number of piperazine rings is 1. The maximum absolute atomic E-state index is 13.8. The van der Waals surface area contributed by atoms with Crippen LogP contribution in [0, 0.1) is 5.82 Å². The number of carbonyl (C=O) groups excluding carboxylic acids is 2. The van der Waals surface area contributed by atoms with Crippen LogP contribution in [0.2, 0.25) is 0 Å². The second-order valence-electron chi connectivity index (χ2n) is 7.61. The minimum Gasteiger partial charge on any atom is -0.457 e. The summed E-state index contributed by atoms with van der Waals surface area (Å²) in [6, 6.07) is 14.3. The van der Waals surface area contributed by atoms with E-state index in [9.17, 15) is 14.0 Å². The summed E-state index contributed by atoms with van der Waals surface area (Å²) in [6.45, 7) is 3.34. The fraction of sp³-hybridized carbons (Fsp3) is 0.160. The quantitative estimate of drug-likeness (QED) is 0.392. The van der Waals surface area contributed by atoms with E-state index in [4.69, 9.17) is 27.1 Å². The lowest BCUT2D eigenvalue weighted by atomic mass is 10.0. The van der Waals surface area contributed by atoms with Gasteiger partial charge in [-0.25, -0.2) is 9.37 Å². The van der Waals surface area contributed by atoms with Crippen molar-refractivity contribution >= 4 is 34.6 Å². The molecule has 4 rings (SSSR count). The summed E-state index contributed by atoms with van der Waals surface area (Å²) < 4.78 is 19.6. The Morgan fingerprint density at radius 1 is 1.09 bits per heavy atom. The van der Waals surface area contributed by atoms with Crippen molar-refractivity contribution in [3.05, 3.63) is 77.6 Å². The molecule has 7 nitrogen and oxygen atoms in total. The number of nitrogens with zero attached hydrogens (tertiary/aromatic N) is 2. The van der Waals surface area contributed by atoms with Crippen molar-refractivity contribution in [2.75, 3.05) is 31.1 Å². The van der Waals surface area contributed by atoms with Crippen LogP contribution in [0.4, 0.5) is 10.2 Å². The maximum Gasteiger partial charge on any atom is 0.250 e. The van der Waals surface area contributed by atoms with Gasteiger partial charge in [-0.3, -0.25) is 9.59 Å². The first-order valence-corrected chi connectivity index (χ1v) is 11.0. The van der Waals surface area contributed by atoms with Crippen LogP contribution in [0.25, 0.3) is 17.3 Å². The standard InChI is InChI=1S/C25H22ClFN4O3/c26-22(32)9-4-16-1-5-18(27)15-21(16)34-19-6-2-17(3-7-19)24-20(25(28)33)8-10-23(30-24)31-13-11-29-12-14-31/h1-10,15,29H,11-14H2,(H2,28,33)/b9-4+. The van der Waals surface area contributed by atoms with Crippen LogP contribution in [-0.4, -0.2) is 42.3 Å². The van der Waals surface area contributed by atoms with Crippen molar-refractivity contribution < 1.29 is 18.7 Å². The van der Waals surface area contributed by atoms with Crippen LogP contribution in [0.3, 0.4) is 0 Å². The summed E-state index contributed by atoms with van der Waals surface area (Å²) in [5.41, 5.74) is 7.56. The topological polar surface area (TPSA) is 97.6 Å². The minimum atomic E-state index is -0.652. The van der Waals surface area contributed by atoms with Gasteiger partial charge in [-0.2, -0.15) is 0 Å². The molecule has 0 unspecified atom stereocenters. The average Bonchev–Trinajstić information content (AvgIpc) is 2.84. The lowest BCUT2D eigenvalue weighted by Gasteiger charge is -2.29. The molecule has 1 saturated heterocycles. The van der Waals surface area contributed by atoms with Gasteiger partial charge in [-0.1, -0.05) is 0 Å². The Morgan fingerprint density at radius 2 is 1.82 bits per heavy atom. The van der Waals surface area contributed by atoms with E-state index < -0.39 is 17.0 Å². The number of pyridine rings is 1. The number of anilines is 1. The zero-order valence-corrected chi connectivity index (χ0v) is 18.9. The Hall–Kier alpha value is -3.75. The number of nitrogens with one attached hydrogen (secondary N) is 1. The molecule has 2 aromatic carbocycles. The number of hydrogen-bond donors (Lipinski definition) is 2. The Kier molecular flexibility index (Phi) is 7.20. The Balaban J connectivity index is 1.63. The van der Waals surface area contributed by atoms with E-state index in [0.29, 0.717) is 28.1 Å². The number of carbonyl (C=O) groups is 2. The highest BCUT2D eigenvalue weighted by Gasteiger charge is 2.17. The third-order valence-corrected chi connectivity index (χ3v) is 5.44. The fourth-order valence-electron chi connectivity index (χ4n) is 3.64. The Labute approximate surface area is 201 Å². The van der Waals surface area contributed by atoms with Gasteiger partial charge in [0.05, 0.1) is 11.3 Å². The first-order chi connectivity index (χ1) is 16.4. The molecule has 0 saturated carbocycles. The van der Waals surface area contributed by atoms with Crippen molar-refractivity contribution in [3.8, 4) is 22.8 Å². The van der Waals surface area contributed by atoms with Crippen molar-refractivity contribution in [2.45, 2.75) is 0 Å². The molecule has 0 spiro atoms. The monoisotopic (exact) mass is 480 g/mol. The first-order valence-electron chi connectivity index (χ1n) is 10.6. The number of hydrogen-bond acceptors (Lipinski definition) is 6. The Bertz CT molecular complexity index is 1240. The highest BCUT2D eigenvalue weighted by molar-refractivity contribution is 6.66. The molecule has 2 heterocycles. The lowest BCUT2D eigenvalue weighted by molar-refractivity contribution is -0.107. The van der Waals surface area contributed by atoms with Gasteiger partial charge >= 0.3 is 0 Å². The molecular formula is C25H22ClFN4O3. The Morgan fingerprint density at radius 3 is 2.50 bits per heavy atom. The molecule has 0 aliphatic carbocycles. The normalized spacial score (nSPS) is 13.8. The number of nitrogens with two attached hydrogens (primary N) is 1. The molecule has 3 aromatic rings. The van der Waals surface area contributed by atoms with Crippen molar-refractivity contribution in [1.29, 1.82) is 0 Å². The average molecular weight is 481 g/mol. The van der Waals surface area contributed by atoms with Crippen molar-refractivity contribution in [2.24, 2.45) is 5.73 Å². The maximum atomic E-state index is 13.8. The summed E-state index contributed by atoms with van der Waals surface area (Å²) >= 11 is 5.36. The van der Waals surface area contributed by atoms with E-state index in [1.165, 1.54) is 24.3 Å². The summed E-state index contributed by atoms with van der Waals surface area (Å²) in [5.74, 6) is 0.367. The zero-order valence-electron chi connectivity index (χ0n) is 18.1. The van der Waals surface area contributed by atoms with Gasteiger partial charge in [-0.15, -0.1) is 0 Å². The smallest absolute Gasteiger partial charge is 0.250 e. The van der Waals surface area contributed by atoms with Gasteiger partial charge in [-0.05, 0) is 72.3 Å². The van der Waals surface area contributed by atoms with E-state index in [1.54, 1.807) is 36.4 Å². The lowest BCUT2D eigenvalue weighted by Crippen LogP contribution is -2.44. The molecule has 9 heteroatoms. The second-order valence-corrected chi connectivity index (χ2v) is 7.99. The SMILES string of the molecule is NC(=O)c1ccc(N2CCNCC2)nc1-c1ccc(Oc2cc(F)ccc2/C=C/C(=O)Cl)cc1. The highest BCUT2D eigenvalue weighted by atomic mass is 35.5. The molecule has 0 bridgehead atoms. The third kappa shape index (κ3) is 5.59. The number of halogens is 2. The van der Waals surface area contributed by atoms with E-state index in [-0.39, 0.29) is 5.75 Å². The number of aromatic nitrogens is 1. The third-order valence-electron chi connectivity index (χ3n) is 5.31. The molecule has 34 heavy (non-hydrogen) atoms. The van der Waals surface area contributed by atoms with Crippen LogP contribution in [-0.2, 0) is 4.79 Å². The van der Waals surface area contributed by atoms with Crippen LogP contribution < -0.4 is 20.7 Å². The van der Waals surface area contributed by atoms with Crippen LogP contribution in [0.1, 0.15) is 15.9 Å². The number of primary amides is 1. The minimum absolute atomic E-state index is 0.221. The van der Waals surface area contributed by atoms with E-state index >= 15 is 0 Å². The number of rotatable bonds is 7. The number of ether oxygens (including phenoxy) is 1. The van der Waals surface area contributed by atoms with Crippen molar-refractivity contribution in [1.82, 2.24) is 10.3 Å². The van der Waals surface area contributed by atoms with Crippen molar-refractivity contribution in [3.63, 3.8) is 0 Å². The molecule has 1 amide bonds. The van der Waals surface area contributed by atoms with Crippen LogP contribution >= 0.6 is 11.6 Å². The molecule has 1 aliphatic heterocycles.